The van der Waals surface area contributed by atoms with Gasteiger partial charge in [0.2, 0.25) is 0 Å². The van der Waals surface area contributed by atoms with Crippen LogP contribution in [-0.2, 0) is 0 Å². The van der Waals surface area contributed by atoms with Gasteiger partial charge in [-0.25, -0.2) is 15.8 Å². The number of hydrogen-bond acceptors (Lipinski definition) is 5. The quantitative estimate of drug-likeness (QED) is 0.559. The molecule has 15 heavy (non-hydrogen) atoms. The van der Waals surface area contributed by atoms with Gasteiger partial charge in [-0.3, -0.25) is 0 Å². The highest BCUT2D eigenvalue weighted by molar-refractivity contribution is 5.48. The standard InChI is InChI=1S/C10H17N5/c1-10(2)3-4-15(6-10)9-5-8(14-11)12-7-13-9/h5,7H,3-4,6,11H2,1-2H3,(H,12,13,14). The Labute approximate surface area is 89.7 Å². The molecule has 0 radical (unpaired) electrons. The van der Waals surface area contributed by atoms with Crippen molar-refractivity contribution in [2.45, 2.75) is 20.3 Å². The van der Waals surface area contributed by atoms with Crippen LogP contribution in [-0.4, -0.2) is 23.1 Å². The molecule has 0 saturated carbocycles. The van der Waals surface area contributed by atoms with Gasteiger partial charge in [0.05, 0.1) is 0 Å². The second-order valence-electron chi connectivity index (χ2n) is 4.74. The highest BCUT2D eigenvalue weighted by atomic mass is 15.3. The molecule has 0 spiro atoms. The molecule has 0 unspecified atom stereocenters. The molecule has 0 bridgehead atoms. The van der Waals surface area contributed by atoms with E-state index in [0.29, 0.717) is 11.2 Å². The van der Waals surface area contributed by atoms with Crippen LogP contribution in [0.1, 0.15) is 20.3 Å². The summed E-state index contributed by atoms with van der Waals surface area (Å²) < 4.78 is 0. The maximum Gasteiger partial charge on any atom is 0.145 e. The van der Waals surface area contributed by atoms with Gasteiger partial charge in [-0.2, -0.15) is 0 Å². The van der Waals surface area contributed by atoms with Gasteiger partial charge in [0, 0.05) is 19.2 Å². The third-order valence-electron chi connectivity index (χ3n) is 2.80. The number of nitrogen functional groups attached to an aromatic ring is 1. The van der Waals surface area contributed by atoms with Gasteiger partial charge >= 0.3 is 0 Å². The Balaban J connectivity index is 2.16. The Morgan fingerprint density at radius 1 is 1.47 bits per heavy atom. The Hall–Kier alpha value is -1.36. The van der Waals surface area contributed by atoms with Crippen molar-refractivity contribution in [3.05, 3.63) is 12.4 Å². The van der Waals surface area contributed by atoms with Gasteiger partial charge < -0.3 is 10.3 Å². The fourth-order valence-corrected chi connectivity index (χ4v) is 1.91. The molecule has 1 aliphatic heterocycles. The topological polar surface area (TPSA) is 67.1 Å². The third-order valence-corrected chi connectivity index (χ3v) is 2.80. The van der Waals surface area contributed by atoms with E-state index < -0.39 is 0 Å². The summed E-state index contributed by atoms with van der Waals surface area (Å²) in [6, 6.07) is 1.88. The number of hydrazine groups is 1. The minimum absolute atomic E-state index is 0.376. The van der Waals surface area contributed by atoms with E-state index in [0.717, 1.165) is 18.9 Å². The molecular formula is C10H17N5. The van der Waals surface area contributed by atoms with Gasteiger partial charge in [0.15, 0.2) is 0 Å². The van der Waals surface area contributed by atoms with Crippen molar-refractivity contribution in [2.75, 3.05) is 23.4 Å². The van der Waals surface area contributed by atoms with Gasteiger partial charge in [-0.05, 0) is 11.8 Å². The van der Waals surface area contributed by atoms with Crippen molar-refractivity contribution < 1.29 is 0 Å². The first-order chi connectivity index (χ1) is 7.11. The largest absolute Gasteiger partial charge is 0.356 e. The van der Waals surface area contributed by atoms with E-state index in [4.69, 9.17) is 5.84 Å². The van der Waals surface area contributed by atoms with E-state index in [9.17, 15) is 0 Å². The Morgan fingerprint density at radius 3 is 2.87 bits per heavy atom. The third kappa shape index (κ3) is 2.18. The second-order valence-corrected chi connectivity index (χ2v) is 4.74. The normalized spacial score (nSPS) is 19.3. The van der Waals surface area contributed by atoms with E-state index in [2.05, 4.69) is 34.1 Å². The molecule has 1 aliphatic rings. The molecule has 0 amide bonds. The minimum atomic E-state index is 0.376. The SMILES string of the molecule is CC1(C)CCN(c2cc(NN)ncn2)C1. The molecule has 0 atom stereocenters. The second kappa shape index (κ2) is 3.66. The molecule has 1 aromatic heterocycles. The molecule has 0 aromatic carbocycles. The van der Waals surface area contributed by atoms with Crippen LogP contribution in [0, 0.1) is 5.41 Å². The van der Waals surface area contributed by atoms with Crippen molar-refractivity contribution in [1.29, 1.82) is 0 Å². The van der Waals surface area contributed by atoms with Crippen molar-refractivity contribution in [3.8, 4) is 0 Å². The first kappa shape index (κ1) is 10.2. The van der Waals surface area contributed by atoms with Crippen molar-refractivity contribution >= 4 is 11.6 Å². The maximum atomic E-state index is 5.31. The monoisotopic (exact) mass is 207 g/mol. The van der Waals surface area contributed by atoms with Crippen LogP contribution in [0.25, 0.3) is 0 Å². The van der Waals surface area contributed by atoms with Gasteiger partial charge in [0.25, 0.3) is 0 Å². The zero-order chi connectivity index (χ0) is 10.9. The summed E-state index contributed by atoms with van der Waals surface area (Å²) >= 11 is 0. The summed E-state index contributed by atoms with van der Waals surface area (Å²) in [5, 5.41) is 0. The number of nitrogens with one attached hydrogen (secondary N) is 1. The smallest absolute Gasteiger partial charge is 0.145 e. The molecular weight excluding hydrogens is 190 g/mol. The lowest BCUT2D eigenvalue weighted by Crippen LogP contribution is -2.24. The van der Waals surface area contributed by atoms with Crippen LogP contribution >= 0.6 is 0 Å². The molecule has 1 saturated heterocycles. The number of rotatable bonds is 2. The Kier molecular flexibility index (Phi) is 2.48. The number of nitrogens with two attached hydrogens (primary N) is 1. The summed E-state index contributed by atoms with van der Waals surface area (Å²) in [5.74, 6) is 6.92. The molecule has 1 fully saturated rings. The van der Waals surface area contributed by atoms with Crippen LogP contribution < -0.4 is 16.2 Å². The van der Waals surface area contributed by atoms with Crippen molar-refractivity contribution in [2.24, 2.45) is 11.3 Å². The van der Waals surface area contributed by atoms with E-state index >= 15 is 0 Å². The first-order valence-corrected chi connectivity index (χ1v) is 5.14. The molecule has 5 nitrogen and oxygen atoms in total. The van der Waals surface area contributed by atoms with Gasteiger partial charge in [-0.1, -0.05) is 13.8 Å². The fraction of sp³-hybridized carbons (Fsp3) is 0.600. The highest BCUT2D eigenvalue weighted by Gasteiger charge is 2.29. The van der Waals surface area contributed by atoms with Gasteiger partial charge in [-0.15, -0.1) is 0 Å². The Morgan fingerprint density at radius 2 is 2.27 bits per heavy atom. The van der Waals surface area contributed by atoms with Crippen LogP contribution in [0.2, 0.25) is 0 Å². The van der Waals surface area contributed by atoms with Crippen LogP contribution in [0.3, 0.4) is 0 Å². The van der Waals surface area contributed by atoms with E-state index in [1.165, 1.54) is 12.7 Å². The summed E-state index contributed by atoms with van der Waals surface area (Å²) in [6.45, 7) is 6.63. The first-order valence-electron chi connectivity index (χ1n) is 5.14. The molecule has 2 heterocycles. The predicted octanol–water partition coefficient (Wildman–Crippen LogP) is 0.999. The lowest BCUT2D eigenvalue weighted by atomic mass is 9.93. The van der Waals surface area contributed by atoms with E-state index in [1.807, 2.05) is 6.07 Å². The van der Waals surface area contributed by atoms with Crippen molar-refractivity contribution in [1.82, 2.24) is 9.97 Å². The average Bonchev–Trinajstić information content (AvgIpc) is 2.59. The summed E-state index contributed by atoms with van der Waals surface area (Å²) in [6.07, 6.45) is 2.73. The van der Waals surface area contributed by atoms with E-state index in [-0.39, 0.29) is 0 Å². The van der Waals surface area contributed by atoms with Crippen LogP contribution in [0.15, 0.2) is 12.4 Å². The molecule has 1 aromatic rings. The van der Waals surface area contributed by atoms with Crippen molar-refractivity contribution in [3.63, 3.8) is 0 Å². The van der Waals surface area contributed by atoms with E-state index in [1.54, 1.807) is 0 Å². The number of nitrogens with zero attached hydrogens (tertiary/aromatic N) is 3. The summed E-state index contributed by atoms with van der Waals surface area (Å²) in [4.78, 5) is 10.5. The summed E-state index contributed by atoms with van der Waals surface area (Å²) in [7, 11) is 0. The maximum absolute atomic E-state index is 5.31. The lowest BCUT2D eigenvalue weighted by molar-refractivity contribution is 0.418. The fourth-order valence-electron chi connectivity index (χ4n) is 1.91. The molecule has 0 aliphatic carbocycles. The van der Waals surface area contributed by atoms with Gasteiger partial charge in [0.1, 0.15) is 18.0 Å². The number of anilines is 2. The molecule has 5 heteroatoms. The van der Waals surface area contributed by atoms with Crippen LogP contribution in [0.5, 0.6) is 0 Å². The average molecular weight is 207 g/mol. The number of hydrogen-bond donors (Lipinski definition) is 2. The van der Waals surface area contributed by atoms with Crippen LogP contribution in [0.4, 0.5) is 11.6 Å². The minimum Gasteiger partial charge on any atom is -0.356 e. The Bertz CT molecular complexity index is 349. The zero-order valence-electron chi connectivity index (χ0n) is 9.20. The summed E-state index contributed by atoms with van der Waals surface area (Å²) in [5.41, 5.74) is 2.91. The molecule has 2 rings (SSSR count). The predicted molar refractivity (Wildman–Crippen MR) is 60.5 cm³/mol. The lowest BCUT2D eigenvalue weighted by Gasteiger charge is -2.20. The molecule has 82 valence electrons. The zero-order valence-corrected chi connectivity index (χ0v) is 9.20. The number of aromatic nitrogens is 2. The molecule has 3 N–H and O–H groups in total. The highest BCUT2D eigenvalue weighted by Crippen LogP contribution is 2.31.